The summed E-state index contributed by atoms with van der Waals surface area (Å²) in [6, 6.07) is 9.02. The Morgan fingerprint density at radius 1 is 1.00 bits per heavy atom. The summed E-state index contributed by atoms with van der Waals surface area (Å²) >= 11 is 0. The molecule has 1 aliphatic carbocycles. The number of hydrogen-bond donors (Lipinski definition) is 4. The lowest BCUT2D eigenvalue weighted by Gasteiger charge is -2.23. The summed E-state index contributed by atoms with van der Waals surface area (Å²) in [4.78, 5) is -0.607. The number of benzene rings is 3. The number of nitrogens with two attached hydrogens (primary N) is 1. The number of rotatable bonds is 7. The van der Waals surface area contributed by atoms with Gasteiger partial charge in [0.2, 0.25) is 10.0 Å². The SMILES string of the molecule is COc1ccc(S(=O)(=O)NC2CCCCC2)c(N=Nc2c(N)ccc3cc(S(=O)(=O)O)cc(O)c23)c1. The Morgan fingerprint density at radius 2 is 1.72 bits per heavy atom. The quantitative estimate of drug-likeness (QED) is 0.195. The molecule has 0 amide bonds. The van der Waals surface area contributed by atoms with Crippen LogP contribution in [0.2, 0.25) is 0 Å². The van der Waals surface area contributed by atoms with Crippen molar-refractivity contribution in [2.75, 3.05) is 12.8 Å². The van der Waals surface area contributed by atoms with Gasteiger partial charge in [-0.15, -0.1) is 10.2 Å². The minimum absolute atomic E-state index is 0.00158. The molecule has 192 valence electrons. The monoisotopic (exact) mass is 534 g/mol. The molecule has 0 bridgehead atoms. The Bertz CT molecular complexity index is 1550. The molecule has 1 aliphatic rings. The maximum absolute atomic E-state index is 13.2. The molecule has 0 aliphatic heterocycles. The van der Waals surface area contributed by atoms with E-state index in [2.05, 4.69) is 15.0 Å². The van der Waals surface area contributed by atoms with Crippen LogP contribution in [0.3, 0.4) is 0 Å². The summed E-state index contributed by atoms with van der Waals surface area (Å²) in [5, 5.41) is 19.1. The average Bonchev–Trinajstić information content (AvgIpc) is 2.83. The van der Waals surface area contributed by atoms with Gasteiger partial charge in [0.05, 0.1) is 23.1 Å². The van der Waals surface area contributed by atoms with Crippen molar-refractivity contribution in [3.05, 3.63) is 42.5 Å². The van der Waals surface area contributed by atoms with E-state index in [4.69, 9.17) is 10.5 Å². The van der Waals surface area contributed by atoms with Crippen LogP contribution in [0.25, 0.3) is 10.8 Å². The number of hydrogen-bond acceptors (Lipinski definition) is 9. The van der Waals surface area contributed by atoms with E-state index in [1.165, 1.54) is 37.4 Å². The Labute approximate surface area is 208 Å². The standard InChI is InChI=1S/C23H26N4O7S2/c1-34-16-8-10-21(35(29,30)27-15-5-3-2-4-6-15)19(12-16)25-26-23-18(24)9-7-14-11-17(36(31,32)33)13-20(28)22(14)23/h7-13,15,27-28H,2-6,24H2,1H3,(H,31,32,33). The summed E-state index contributed by atoms with van der Waals surface area (Å²) in [7, 11) is -7.08. The number of aromatic hydroxyl groups is 1. The second-order valence-corrected chi connectivity index (χ2v) is 11.6. The minimum atomic E-state index is -4.57. The number of fused-ring (bicyclic) bond motifs is 1. The molecule has 0 radical (unpaired) electrons. The van der Waals surface area contributed by atoms with Crippen LogP contribution < -0.4 is 15.2 Å². The van der Waals surface area contributed by atoms with Gasteiger partial charge >= 0.3 is 0 Å². The first-order valence-corrected chi connectivity index (χ1v) is 14.1. The predicted molar refractivity (Wildman–Crippen MR) is 134 cm³/mol. The minimum Gasteiger partial charge on any atom is -0.507 e. The number of phenolic OH excluding ortho intramolecular Hbond substituents is 1. The molecular weight excluding hydrogens is 508 g/mol. The third kappa shape index (κ3) is 5.43. The van der Waals surface area contributed by atoms with Crippen LogP contribution >= 0.6 is 0 Å². The van der Waals surface area contributed by atoms with Gasteiger partial charge in [-0.2, -0.15) is 8.42 Å². The van der Waals surface area contributed by atoms with Crippen LogP contribution in [0.1, 0.15) is 32.1 Å². The van der Waals surface area contributed by atoms with Gasteiger partial charge in [-0.25, -0.2) is 13.1 Å². The van der Waals surface area contributed by atoms with Gasteiger partial charge < -0.3 is 15.6 Å². The molecular formula is C23H26N4O7S2. The molecule has 0 saturated heterocycles. The van der Waals surface area contributed by atoms with Gasteiger partial charge in [-0.05, 0) is 42.5 Å². The third-order valence-corrected chi connectivity index (χ3v) is 8.41. The Kier molecular flexibility index (Phi) is 7.18. The molecule has 5 N–H and O–H groups in total. The van der Waals surface area contributed by atoms with E-state index >= 15 is 0 Å². The van der Waals surface area contributed by atoms with Crippen molar-refractivity contribution in [1.82, 2.24) is 4.72 Å². The van der Waals surface area contributed by atoms with Gasteiger partial charge in [0.15, 0.2) is 0 Å². The summed E-state index contributed by atoms with van der Waals surface area (Å²) in [5.41, 5.74) is 6.15. The maximum Gasteiger partial charge on any atom is 0.294 e. The van der Waals surface area contributed by atoms with Crippen molar-refractivity contribution in [3.63, 3.8) is 0 Å². The fourth-order valence-electron chi connectivity index (χ4n) is 4.21. The highest BCUT2D eigenvalue weighted by molar-refractivity contribution is 7.89. The van der Waals surface area contributed by atoms with Crippen LogP contribution in [0.5, 0.6) is 11.5 Å². The number of nitrogens with one attached hydrogen (secondary N) is 1. The van der Waals surface area contributed by atoms with E-state index in [1.54, 1.807) is 0 Å². The first-order chi connectivity index (χ1) is 17.0. The molecule has 0 atom stereocenters. The van der Waals surface area contributed by atoms with Gasteiger partial charge in [-0.3, -0.25) is 4.55 Å². The highest BCUT2D eigenvalue weighted by atomic mass is 32.2. The Balaban J connectivity index is 1.80. The van der Waals surface area contributed by atoms with E-state index in [0.717, 1.165) is 44.2 Å². The van der Waals surface area contributed by atoms with E-state index in [-0.39, 0.29) is 38.8 Å². The molecule has 0 unspecified atom stereocenters. The molecule has 4 rings (SSSR count). The zero-order valence-electron chi connectivity index (χ0n) is 19.4. The number of nitrogen functional groups attached to an aromatic ring is 1. The number of azo groups is 1. The van der Waals surface area contributed by atoms with Crippen LogP contribution in [-0.4, -0.2) is 39.6 Å². The van der Waals surface area contributed by atoms with Gasteiger partial charge in [-0.1, -0.05) is 25.3 Å². The predicted octanol–water partition coefficient (Wildman–Crippen LogP) is 4.41. The lowest BCUT2D eigenvalue weighted by atomic mass is 9.96. The number of anilines is 1. The van der Waals surface area contributed by atoms with E-state index in [0.29, 0.717) is 5.75 Å². The molecule has 11 nitrogen and oxygen atoms in total. The lowest BCUT2D eigenvalue weighted by molar-refractivity contribution is 0.411. The molecule has 0 heterocycles. The zero-order valence-corrected chi connectivity index (χ0v) is 21.0. The number of phenols is 1. The highest BCUT2D eigenvalue weighted by Crippen LogP contribution is 2.41. The molecule has 3 aromatic rings. The Morgan fingerprint density at radius 3 is 2.39 bits per heavy atom. The molecule has 1 fully saturated rings. The molecule has 0 aromatic heterocycles. The molecule has 13 heteroatoms. The zero-order chi connectivity index (χ0) is 26.1. The van der Waals surface area contributed by atoms with Crippen molar-refractivity contribution in [1.29, 1.82) is 0 Å². The van der Waals surface area contributed by atoms with Crippen LogP contribution in [-0.2, 0) is 20.1 Å². The fraction of sp³-hybridized carbons (Fsp3) is 0.304. The summed E-state index contributed by atoms with van der Waals surface area (Å²) < 4.78 is 66.8. The van der Waals surface area contributed by atoms with Crippen LogP contribution in [0.4, 0.5) is 17.1 Å². The van der Waals surface area contributed by atoms with Crippen molar-refractivity contribution in [3.8, 4) is 11.5 Å². The number of methoxy groups -OCH3 is 1. The number of sulfonamides is 1. The molecule has 3 aromatic carbocycles. The van der Waals surface area contributed by atoms with E-state index in [1.807, 2.05) is 0 Å². The van der Waals surface area contributed by atoms with Crippen molar-refractivity contribution in [2.45, 2.75) is 47.9 Å². The van der Waals surface area contributed by atoms with Gasteiger partial charge in [0.1, 0.15) is 27.8 Å². The first kappa shape index (κ1) is 25.8. The normalized spacial score (nSPS) is 15.5. The number of nitrogens with zero attached hydrogens (tertiary/aromatic N) is 2. The van der Waals surface area contributed by atoms with E-state index < -0.39 is 30.8 Å². The Hall–Kier alpha value is -3.26. The third-order valence-electron chi connectivity index (χ3n) is 6.01. The fourth-order valence-corrected chi connectivity index (χ4v) is 6.17. The lowest BCUT2D eigenvalue weighted by Crippen LogP contribution is -2.36. The molecule has 36 heavy (non-hydrogen) atoms. The maximum atomic E-state index is 13.2. The van der Waals surface area contributed by atoms with Crippen molar-refractivity contribution in [2.24, 2.45) is 10.2 Å². The summed E-state index contributed by atoms with van der Waals surface area (Å²) in [6.07, 6.45) is 4.48. The first-order valence-electron chi connectivity index (χ1n) is 11.1. The molecule has 0 spiro atoms. The summed E-state index contributed by atoms with van der Waals surface area (Å²) in [5.74, 6) is -0.147. The topological polar surface area (TPSA) is 181 Å². The van der Waals surface area contributed by atoms with Crippen LogP contribution in [0, 0.1) is 0 Å². The smallest absolute Gasteiger partial charge is 0.294 e. The largest absolute Gasteiger partial charge is 0.507 e. The average molecular weight is 535 g/mol. The van der Waals surface area contributed by atoms with Gasteiger partial charge in [0, 0.05) is 18.2 Å². The molecule has 1 saturated carbocycles. The van der Waals surface area contributed by atoms with Crippen molar-refractivity contribution >= 4 is 48.0 Å². The number of ether oxygens (including phenoxy) is 1. The van der Waals surface area contributed by atoms with Gasteiger partial charge in [0.25, 0.3) is 10.1 Å². The van der Waals surface area contributed by atoms with Crippen molar-refractivity contribution < 1.29 is 31.2 Å². The van der Waals surface area contributed by atoms with E-state index in [9.17, 15) is 26.5 Å². The second kappa shape index (κ2) is 10.0. The second-order valence-electron chi connectivity index (χ2n) is 8.51. The summed E-state index contributed by atoms with van der Waals surface area (Å²) in [6.45, 7) is 0. The highest BCUT2D eigenvalue weighted by Gasteiger charge is 2.25. The van der Waals surface area contributed by atoms with Crippen LogP contribution in [0.15, 0.2) is 62.5 Å².